The number of nitrogens with one attached hydrogen (secondary N) is 2. The van der Waals surface area contributed by atoms with Crippen molar-refractivity contribution in [2.24, 2.45) is 4.99 Å². The van der Waals surface area contributed by atoms with E-state index in [1.54, 1.807) is 7.05 Å². The van der Waals surface area contributed by atoms with Crippen molar-refractivity contribution in [1.82, 2.24) is 10.6 Å². The van der Waals surface area contributed by atoms with Crippen molar-refractivity contribution in [3.05, 3.63) is 54.6 Å². The fourth-order valence-electron chi connectivity index (χ4n) is 3.17. The molecule has 0 bridgehead atoms. The molecule has 3 rings (SSSR count). The van der Waals surface area contributed by atoms with Gasteiger partial charge in [0.1, 0.15) is 12.4 Å². The molecule has 2 aromatic carbocycles. The number of hydrogen-bond donors (Lipinski definition) is 2. The van der Waals surface area contributed by atoms with E-state index in [1.165, 1.54) is 0 Å². The number of ether oxygens (including phenoxy) is 3. The molecule has 1 fully saturated rings. The highest BCUT2D eigenvalue weighted by Gasteiger charge is 2.15. The maximum Gasteiger partial charge on any atom is 0.191 e. The molecule has 0 spiro atoms. The Balaban J connectivity index is 0.00000320. The quantitative estimate of drug-likeness (QED) is 0.214. The summed E-state index contributed by atoms with van der Waals surface area (Å²) < 4.78 is 17.1. The zero-order chi connectivity index (χ0) is 20.2. The maximum atomic E-state index is 6.01. The molecule has 6 nitrogen and oxygen atoms in total. The number of hydrogen-bond acceptors (Lipinski definition) is 4. The van der Waals surface area contributed by atoms with Crippen LogP contribution in [0.15, 0.2) is 59.6 Å². The zero-order valence-corrected chi connectivity index (χ0v) is 19.8. The standard InChI is InChI=1S/C23H31N3O3.HI/c1-24-23(25-13-7-15-28-20-12-16-27-18-20)26-14-17-29-22-11-6-5-10-21(22)19-8-3-2-4-9-19;/h2-6,8-11,20H,7,12-18H2,1H3,(H2,24,25,26);1H. The molecule has 1 heterocycles. The molecule has 164 valence electrons. The summed E-state index contributed by atoms with van der Waals surface area (Å²) in [5, 5.41) is 6.59. The van der Waals surface area contributed by atoms with Crippen LogP contribution >= 0.6 is 24.0 Å². The number of rotatable bonds is 10. The van der Waals surface area contributed by atoms with Crippen LogP contribution in [-0.2, 0) is 9.47 Å². The minimum absolute atomic E-state index is 0. The van der Waals surface area contributed by atoms with E-state index in [-0.39, 0.29) is 30.1 Å². The Bertz CT molecular complexity index is 752. The van der Waals surface area contributed by atoms with E-state index in [0.29, 0.717) is 13.2 Å². The van der Waals surface area contributed by atoms with Crippen LogP contribution in [0.2, 0.25) is 0 Å². The first-order valence-corrected chi connectivity index (χ1v) is 10.3. The van der Waals surface area contributed by atoms with Crippen molar-refractivity contribution < 1.29 is 14.2 Å². The van der Waals surface area contributed by atoms with Crippen LogP contribution in [0, 0.1) is 0 Å². The molecule has 7 heteroatoms. The zero-order valence-electron chi connectivity index (χ0n) is 17.5. The third-order valence-corrected chi connectivity index (χ3v) is 4.70. The van der Waals surface area contributed by atoms with Gasteiger partial charge in [-0.25, -0.2) is 0 Å². The van der Waals surface area contributed by atoms with Crippen LogP contribution in [0.1, 0.15) is 12.8 Å². The third kappa shape index (κ3) is 8.12. The van der Waals surface area contributed by atoms with E-state index in [2.05, 4.69) is 33.8 Å². The molecule has 0 radical (unpaired) electrons. The molecule has 0 aromatic heterocycles. The van der Waals surface area contributed by atoms with Gasteiger partial charge in [0.25, 0.3) is 0 Å². The van der Waals surface area contributed by atoms with Gasteiger partial charge in [-0.3, -0.25) is 4.99 Å². The van der Waals surface area contributed by atoms with Gasteiger partial charge < -0.3 is 24.8 Å². The number of benzene rings is 2. The van der Waals surface area contributed by atoms with Crippen molar-refractivity contribution in [2.45, 2.75) is 18.9 Å². The molecular formula is C23H32IN3O3. The molecule has 0 saturated carbocycles. The van der Waals surface area contributed by atoms with E-state index in [4.69, 9.17) is 14.2 Å². The van der Waals surface area contributed by atoms with Crippen molar-refractivity contribution >= 4 is 29.9 Å². The number of nitrogens with zero attached hydrogens (tertiary/aromatic N) is 1. The molecule has 1 unspecified atom stereocenters. The molecule has 2 aromatic rings. The van der Waals surface area contributed by atoms with Crippen molar-refractivity contribution in [2.75, 3.05) is 46.6 Å². The van der Waals surface area contributed by atoms with Crippen LogP contribution in [0.25, 0.3) is 11.1 Å². The Morgan fingerprint density at radius 1 is 1.03 bits per heavy atom. The van der Waals surface area contributed by atoms with Gasteiger partial charge in [0.2, 0.25) is 0 Å². The van der Waals surface area contributed by atoms with Crippen molar-refractivity contribution in [3.8, 4) is 16.9 Å². The number of halogens is 1. The van der Waals surface area contributed by atoms with E-state index < -0.39 is 0 Å². The molecule has 0 amide bonds. The van der Waals surface area contributed by atoms with Gasteiger partial charge in [-0.05, 0) is 24.5 Å². The summed E-state index contributed by atoms with van der Waals surface area (Å²) in [6.45, 7) is 4.30. The third-order valence-electron chi connectivity index (χ3n) is 4.70. The second-order valence-electron chi connectivity index (χ2n) is 6.85. The first-order chi connectivity index (χ1) is 14.4. The van der Waals surface area contributed by atoms with Gasteiger partial charge in [-0.15, -0.1) is 24.0 Å². The SMILES string of the molecule is CN=C(NCCCOC1CCOC1)NCCOc1ccccc1-c1ccccc1.I. The predicted octanol–water partition coefficient (Wildman–Crippen LogP) is 3.71. The first kappa shape index (κ1) is 24.4. The molecule has 2 N–H and O–H groups in total. The topological polar surface area (TPSA) is 64.1 Å². The van der Waals surface area contributed by atoms with Crippen molar-refractivity contribution in [1.29, 1.82) is 0 Å². The van der Waals surface area contributed by atoms with Crippen molar-refractivity contribution in [3.63, 3.8) is 0 Å². The first-order valence-electron chi connectivity index (χ1n) is 10.3. The Kier molecular flexibility index (Phi) is 11.6. The molecule has 1 aliphatic heterocycles. The van der Waals surface area contributed by atoms with E-state index in [1.807, 2.05) is 36.4 Å². The van der Waals surface area contributed by atoms with Crippen LogP contribution in [0.5, 0.6) is 5.75 Å². The monoisotopic (exact) mass is 525 g/mol. The highest BCUT2D eigenvalue weighted by atomic mass is 127. The highest BCUT2D eigenvalue weighted by molar-refractivity contribution is 14.0. The molecule has 1 saturated heterocycles. The highest BCUT2D eigenvalue weighted by Crippen LogP contribution is 2.29. The summed E-state index contributed by atoms with van der Waals surface area (Å²) in [5.74, 6) is 1.66. The van der Waals surface area contributed by atoms with Crippen LogP contribution in [-0.4, -0.2) is 58.6 Å². The van der Waals surface area contributed by atoms with E-state index in [9.17, 15) is 0 Å². The molecule has 0 aliphatic carbocycles. The molecular weight excluding hydrogens is 493 g/mol. The van der Waals surface area contributed by atoms with Crippen LogP contribution in [0.4, 0.5) is 0 Å². The lowest BCUT2D eigenvalue weighted by molar-refractivity contribution is 0.0420. The lowest BCUT2D eigenvalue weighted by Gasteiger charge is -2.15. The number of aliphatic imine (C=N–C) groups is 1. The predicted molar refractivity (Wildman–Crippen MR) is 132 cm³/mol. The van der Waals surface area contributed by atoms with Gasteiger partial charge in [0.05, 0.1) is 19.3 Å². The van der Waals surface area contributed by atoms with Crippen LogP contribution in [0.3, 0.4) is 0 Å². The summed E-state index contributed by atoms with van der Waals surface area (Å²) in [5.41, 5.74) is 2.25. The minimum atomic E-state index is 0. The summed E-state index contributed by atoms with van der Waals surface area (Å²) in [7, 11) is 1.77. The number of para-hydroxylation sites is 1. The van der Waals surface area contributed by atoms with Gasteiger partial charge >= 0.3 is 0 Å². The minimum Gasteiger partial charge on any atom is -0.491 e. The molecule has 1 atom stereocenters. The van der Waals surface area contributed by atoms with Crippen LogP contribution < -0.4 is 15.4 Å². The largest absolute Gasteiger partial charge is 0.491 e. The Morgan fingerprint density at radius 2 is 1.80 bits per heavy atom. The number of guanidine groups is 1. The lowest BCUT2D eigenvalue weighted by Crippen LogP contribution is -2.40. The summed E-state index contributed by atoms with van der Waals surface area (Å²) in [4.78, 5) is 4.25. The fourth-order valence-corrected chi connectivity index (χ4v) is 3.17. The molecule has 30 heavy (non-hydrogen) atoms. The van der Waals surface area contributed by atoms with Gasteiger partial charge in [0.15, 0.2) is 5.96 Å². The maximum absolute atomic E-state index is 6.01. The summed E-state index contributed by atoms with van der Waals surface area (Å²) >= 11 is 0. The van der Waals surface area contributed by atoms with E-state index in [0.717, 1.165) is 62.0 Å². The second kappa shape index (κ2) is 14.2. The Hall–Kier alpha value is -1.84. The molecule has 1 aliphatic rings. The summed E-state index contributed by atoms with van der Waals surface area (Å²) in [6.07, 6.45) is 2.20. The van der Waals surface area contributed by atoms with Gasteiger partial charge in [-0.1, -0.05) is 48.5 Å². The van der Waals surface area contributed by atoms with Gasteiger partial charge in [0, 0.05) is 32.4 Å². The fraction of sp³-hybridized carbons (Fsp3) is 0.435. The Morgan fingerprint density at radius 3 is 2.57 bits per heavy atom. The van der Waals surface area contributed by atoms with E-state index >= 15 is 0 Å². The lowest BCUT2D eigenvalue weighted by atomic mass is 10.1. The second-order valence-corrected chi connectivity index (χ2v) is 6.85. The average Bonchev–Trinajstić information content (AvgIpc) is 3.29. The Labute approximate surface area is 196 Å². The smallest absolute Gasteiger partial charge is 0.191 e. The normalized spacial score (nSPS) is 16.0. The van der Waals surface area contributed by atoms with Gasteiger partial charge in [-0.2, -0.15) is 0 Å². The average molecular weight is 525 g/mol. The summed E-state index contributed by atoms with van der Waals surface area (Å²) in [6, 6.07) is 18.4.